The molecule has 2 aromatic carbocycles. The van der Waals surface area contributed by atoms with E-state index in [9.17, 15) is 9.59 Å². The van der Waals surface area contributed by atoms with Crippen molar-refractivity contribution in [1.29, 1.82) is 0 Å². The summed E-state index contributed by atoms with van der Waals surface area (Å²) >= 11 is 0. The van der Waals surface area contributed by atoms with E-state index in [4.69, 9.17) is 5.73 Å². The van der Waals surface area contributed by atoms with Crippen molar-refractivity contribution in [2.24, 2.45) is 5.92 Å². The molecule has 1 saturated heterocycles. The highest BCUT2D eigenvalue weighted by Gasteiger charge is 2.72. The van der Waals surface area contributed by atoms with Gasteiger partial charge in [-0.25, -0.2) is 0 Å². The lowest BCUT2D eigenvalue weighted by molar-refractivity contribution is -0.142. The normalized spacial score (nSPS) is 26.2. The summed E-state index contributed by atoms with van der Waals surface area (Å²) in [6.07, 6.45) is 0.625. The summed E-state index contributed by atoms with van der Waals surface area (Å²) in [6, 6.07) is 16.9. The van der Waals surface area contributed by atoms with Crippen LogP contribution in [0.5, 0.6) is 0 Å². The van der Waals surface area contributed by atoms with Crippen LogP contribution in [-0.2, 0) is 21.5 Å². The maximum absolute atomic E-state index is 12.8. The number of carbonyl (C=O) groups is 2. The number of rotatable bonds is 3. The molecule has 2 aliphatic rings. The minimum Gasteiger partial charge on any atom is -0.399 e. The molecular formula is C18H16N2O2. The van der Waals surface area contributed by atoms with Crippen LogP contribution >= 0.6 is 0 Å². The van der Waals surface area contributed by atoms with E-state index in [1.807, 2.05) is 42.5 Å². The van der Waals surface area contributed by atoms with Crippen molar-refractivity contribution in [2.75, 3.05) is 5.73 Å². The number of benzene rings is 2. The molecule has 0 aromatic heterocycles. The predicted molar refractivity (Wildman–Crippen MR) is 82.6 cm³/mol. The van der Waals surface area contributed by atoms with Crippen molar-refractivity contribution in [3.8, 4) is 0 Å². The van der Waals surface area contributed by atoms with Crippen LogP contribution in [0, 0.1) is 5.92 Å². The molecule has 4 nitrogen and oxygen atoms in total. The van der Waals surface area contributed by atoms with Crippen LogP contribution in [0.2, 0.25) is 0 Å². The van der Waals surface area contributed by atoms with Gasteiger partial charge in [0.05, 0.1) is 17.9 Å². The van der Waals surface area contributed by atoms with E-state index >= 15 is 0 Å². The Balaban J connectivity index is 1.65. The molecule has 1 heterocycles. The number of imide groups is 1. The highest BCUT2D eigenvalue weighted by Crippen LogP contribution is 2.60. The summed E-state index contributed by atoms with van der Waals surface area (Å²) in [5.41, 5.74) is 7.61. The molecule has 1 aliphatic carbocycles. The van der Waals surface area contributed by atoms with Crippen molar-refractivity contribution in [2.45, 2.75) is 18.4 Å². The van der Waals surface area contributed by atoms with Gasteiger partial charge in [0.25, 0.3) is 0 Å². The third-order valence-electron chi connectivity index (χ3n) is 4.76. The van der Waals surface area contributed by atoms with Gasteiger partial charge in [0, 0.05) is 5.69 Å². The van der Waals surface area contributed by atoms with E-state index in [2.05, 4.69) is 0 Å². The molecule has 4 rings (SSSR count). The van der Waals surface area contributed by atoms with Gasteiger partial charge in [-0.05, 0) is 29.7 Å². The van der Waals surface area contributed by atoms with Crippen molar-refractivity contribution in [3.63, 3.8) is 0 Å². The molecule has 1 aliphatic heterocycles. The third kappa shape index (κ3) is 1.70. The van der Waals surface area contributed by atoms with Crippen LogP contribution < -0.4 is 5.73 Å². The van der Waals surface area contributed by atoms with Crippen LogP contribution in [0.4, 0.5) is 5.69 Å². The van der Waals surface area contributed by atoms with Gasteiger partial charge in [0.1, 0.15) is 0 Å². The van der Waals surface area contributed by atoms with Crippen molar-refractivity contribution in [1.82, 2.24) is 4.90 Å². The zero-order valence-corrected chi connectivity index (χ0v) is 12.0. The first-order valence-corrected chi connectivity index (χ1v) is 7.39. The lowest BCUT2D eigenvalue weighted by atomic mass is 9.94. The van der Waals surface area contributed by atoms with Crippen LogP contribution in [0.25, 0.3) is 0 Å². The fourth-order valence-electron chi connectivity index (χ4n) is 3.47. The second-order valence-electron chi connectivity index (χ2n) is 6.07. The Labute approximate surface area is 128 Å². The molecule has 2 N–H and O–H groups in total. The fraction of sp³-hybridized carbons (Fsp3) is 0.222. The second kappa shape index (κ2) is 4.44. The maximum Gasteiger partial charge on any atom is 0.240 e. The molecule has 1 saturated carbocycles. The van der Waals surface area contributed by atoms with Gasteiger partial charge < -0.3 is 5.73 Å². The highest BCUT2D eigenvalue weighted by atomic mass is 16.2. The second-order valence-corrected chi connectivity index (χ2v) is 6.07. The molecule has 2 amide bonds. The standard InChI is InChI=1S/C18H16N2O2/c19-14-8-6-13(7-9-14)18-10-15(18)16(21)20(17(18)22)11-12-4-2-1-3-5-12/h1-9,15H,10-11,19H2. The quantitative estimate of drug-likeness (QED) is 0.696. The summed E-state index contributed by atoms with van der Waals surface area (Å²) < 4.78 is 0. The molecule has 2 fully saturated rings. The van der Waals surface area contributed by atoms with Crippen LogP contribution in [0.3, 0.4) is 0 Å². The number of hydrogen-bond acceptors (Lipinski definition) is 3. The lowest BCUT2D eigenvalue weighted by Crippen LogP contribution is -2.35. The lowest BCUT2D eigenvalue weighted by Gasteiger charge is -2.19. The Morgan fingerprint density at radius 3 is 2.41 bits per heavy atom. The van der Waals surface area contributed by atoms with Crippen molar-refractivity contribution >= 4 is 17.5 Å². The average Bonchev–Trinajstić information content (AvgIpc) is 3.25. The first-order valence-electron chi connectivity index (χ1n) is 7.39. The minimum atomic E-state index is -0.639. The number of hydrogen-bond donors (Lipinski definition) is 1. The number of nitrogens with zero attached hydrogens (tertiary/aromatic N) is 1. The average molecular weight is 292 g/mol. The highest BCUT2D eigenvalue weighted by molar-refractivity contribution is 6.15. The molecular weight excluding hydrogens is 276 g/mol. The zero-order chi connectivity index (χ0) is 15.3. The van der Waals surface area contributed by atoms with E-state index in [1.54, 1.807) is 12.1 Å². The van der Waals surface area contributed by atoms with Crippen LogP contribution in [-0.4, -0.2) is 16.7 Å². The Morgan fingerprint density at radius 1 is 1.05 bits per heavy atom. The number of likely N-dealkylation sites (tertiary alicyclic amines) is 1. The minimum absolute atomic E-state index is 0.0503. The molecule has 22 heavy (non-hydrogen) atoms. The number of piperidine rings is 1. The van der Waals surface area contributed by atoms with E-state index in [1.165, 1.54) is 4.90 Å². The molecule has 4 heteroatoms. The summed E-state index contributed by atoms with van der Waals surface area (Å²) in [5.74, 6) is -0.325. The largest absolute Gasteiger partial charge is 0.399 e. The summed E-state index contributed by atoms with van der Waals surface area (Å²) in [6.45, 7) is 0.353. The summed E-state index contributed by atoms with van der Waals surface area (Å²) in [5, 5.41) is 0. The number of nitrogens with two attached hydrogens (primary N) is 1. The summed E-state index contributed by atoms with van der Waals surface area (Å²) in [4.78, 5) is 26.7. The van der Waals surface area contributed by atoms with Gasteiger partial charge in [0.15, 0.2) is 0 Å². The number of nitrogen functional groups attached to an aromatic ring is 1. The van der Waals surface area contributed by atoms with E-state index < -0.39 is 5.41 Å². The van der Waals surface area contributed by atoms with Gasteiger partial charge in [-0.3, -0.25) is 14.5 Å². The Bertz CT molecular complexity index is 754. The number of amides is 2. The van der Waals surface area contributed by atoms with Gasteiger partial charge in [-0.1, -0.05) is 42.5 Å². The van der Waals surface area contributed by atoms with Crippen LogP contribution in [0.15, 0.2) is 54.6 Å². The molecule has 110 valence electrons. The zero-order valence-electron chi connectivity index (χ0n) is 12.0. The first kappa shape index (κ1) is 13.1. The van der Waals surface area contributed by atoms with E-state index in [-0.39, 0.29) is 17.7 Å². The maximum atomic E-state index is 12.8. The van der Waals surface area contributed by atoms with Crippen molar-refractivity contribution < 1.29 is 9.59 Å². The molecule has 2 unspecified atom stereocenters. The topological polar surface area (TPSA) is 63.4 Å². The smallest absolute Gasteiger partial charge is 0.240 e. The van der Waals surface area contributed by atoms with Gasteiger partial charge in [-0.2, -0.15) is 0 Å². The number of carbonyl (C=O) groups excluding carboxylic acids is 2. The Morgan fingerprint density at radius 2 is 1.73 bits per heavy atom. The molecule has 0 bridgehead atoms. The molecule has 2 aromatic rings. The SMILES string of the molecule is Nc1ccc(C23CC2C(=O)N(Cc2ccccc2)C3=O)cc1. The van der Waals surface area contributed by atoms with Crippen LogP contribution in [0.1, 0.15) is 17.5 Å². The third-order valence-corrected chi connectivity index (χ3v) is 4.76. The molecule has 0 radical (unpaired) electrons. The fourth-order valence-corrected chi connectivity index (χ4v) is 3.47. The summed E-state index contributed by atoms with van der Waals surface area (Å²) in [7, 11) is 0. The van der Waals surface area contributed by atoms with Crippen molar-refractivity contribution in [3.05, 3.63) is 65.7 Å². The van der Waals surface area contributed by atoms with E-state index in [0.717, 1.165) is 11.1 Å². The number of anilines is 1. The predicted octanol–water partition coefficient (Wildman–Crippen LogP) is 2.10. The van der Waals surface area contributed by atoms with Gasteiger partial charge >= 0.3 is 0 Å². The monoisotopic (exact) mass is 292 g/mol. The molecule has 2 atom stereocenters. The van der Waals surface area contributed by atoms with Gasteiger partial charge in [-0.15, -0.1) is 0 Å². The van der Waals surface area contributed by atoms with E-state index in [0.29, 0.717) is 18.7 Å². The molecule has 0 spiro atoms. The number of fused-ring (bicyclic) bond motifs is 1. The Kier molecular flexibility index (Phi) is 2.64. The van der Waals surface area contributed by atoms with Gasteiger partial charge in [0.2, 0.25) is 11.8 Å². The Hall–Kier alpha value is -2.62. The first-order chi connectivity index (χ1) is 10.6.